The molecule has 0 spiro atoms. The lowest BCUT2D eigenvalue weighted by Crippen LogP contribution is -2.08. The molecule has 3 nitrogen and oxygen atoms in total. The van der Waals surface area contributed by atoms with Gasteiger partial charge < -0.3 is 15.6 Å². The monoisotopic (exact) mass is 301 g/mol. The van der Waals surface area contributed by atoms with Crippen LogP contribution in [0, 0.1) is 0 Å². The van der Waals surface area contributed by atoms with Crippen LogP contribution in [-0.2, 0) is 0 Å². The highest BCUT2D eigenvalue weighted by Crippen LogP contribution is 2.27. The zero-order valence-electron chi connectivity index (χ0n) is 10.2. The molecule has 0 fully saturated rings. The maximum absolute atomic E-state index is 8.67. The number of nitrogens with two attached hydrogens (primary N) is 1. The van der Waals surface area contributed by atoms with E-state index in [1.54, 1.807) is 0 Å². The highest BCUT2D eigenvalue weighted by atomic mass is 79.9. The van der Waals surface area contributed by atoms with Crippen molar-refractivity contribution in [2.45, 2.75) is 32.2 Å². The zero-order valence-corrected chi connectivity index (χ0v) is 11.7. The summed E-state index contributed by atoms with van der Waals surface area (Å²) in [6, 6.07) is 5.84. The number of hydrogen-bond acceptors (Lipinski definition) is 3. The molecule has 3 N–H and O–H groups in total. The second kappa shape index (κ2) is 7.69. The van der Waals surface area contributed by atoms with Gasteiger partial charge in [-0.05, 0) is 44.4 Å². The van der Waals surface area contributed by atoms with Crippen LogP contribution in [0.25, 0.3) is 0 Å². The van der Waals surface area contributed by atoms with Crippen molar-refractivity contribution in [2.75, 3.05) is 13.2 Å². The maximum atomic E-state index is 8.67. The minimum absolute atomic E-state index is 0.0417. The van der Waals surface area contributed by atoms with Gasteiger partial charge in [0.1, 0.15) is 5.75 Å². The maximum Gasteiger partial charge on any atom is 0.124 e. The van der Waals surface area contributed by atoms with Crippen molar-refractivity contribution in [3.63, 3.8) is 0 Å². The smallest absolute Gasteiger partial charge is 0.124 e. The van der Waals surface area contributed by atoms with Crippen molar-refractivity contribution >= 4 is 15.9 Å². The SMILES string of the molecule is C[C@H](N)c1cc(Br)ccc1OCCCCCO. The summed E-state index contributed by atoms with van der Waals surface area (Å²) in [5.74, 6) is 0.854. The van der Waals surface area contributed by atoms with Crippen LogP contribution in [0.4, 0.5) is 0 Å². The molecular weight excluding hydrogens is 282 g/mol. The first-order valence-corrected chi connectivity index (χ1v) is 6.73. The molecule has 0 bridgehead atoms. The van der Waals surface area contributed by atoms with Gasteiger partial charge in [-0.1, -0.05) is 15.9 Å². The van der Waals surface area contributed by atoms with Crippen LogP contribution in [0.1, 0.15) is 37.8 Å². The van der Waals surface area contributed by atoms with E-state index < -0.39 is 0 Å². The van der Waals surface area contributed by atoms with Crippen LogP contribution < -0.4 is 10.5 Å². The fourth-order valence-electron chi connectivity index (χ4n) is 1.58. The van der Waals surface area contributed by atoms with Crippen molar-refractivity contribution in [3.8, 4) is 5.75 Å². The van der Waals surface area contributed by atoms with Crippen LogP contribution in [-0.4, -0.2) is 18.3 Å². The number of unbranched alkanes of at least 4 members (excludes halogenated alkanes) is 2. The minimum Gasteiger partial charge on any atom is -0.493 e. The molecule has 0 heterocycles. The molecule has 0 aromatic heterocycles. The number of hydrogen-bond donors (Lipinski definition) is 2. The first-order chi connectivity index (χ1) is 8.15. The van der Waals surface area contributed by atoms with Gasteiger partial charge in [-0.2, -0.15) is 0 Å². The van der Waals surface area contributed by atoms with Crippen molar-refractivity contribution in [1.82, 2.24) is 0 Å². The second-order valence-corrected chi connectivity index (χ2v) is 5.02. The largest absolute Gasteiger partial charge is 0.493 e. The van der Waals surface area contributed by atoms with Crippen LogP contribution in [0.3, 0.4) is 0 Å². The van der Waals surface area contributed by atoms with Gasteiger partial charge in [0.2, 0.25) is 0 Å². The third-order valence-electron chi connectivity index (χ3n) is 2.52. The average molecular weight is 302 g/mol. The van der Waals surface area contributed by atoms with Crippen LogP contribution in [0.5, 0.6) is 5.75 Å². The first kappa shape index (κ1) is 14.5. The molecule has 1 aromatic rings. The molecule has 1 rings (SSSR count). The van der Waals surface area contributed by atoms with Crippen LogP contribution in [0.2, 0.25) is 0 Å². The summed E-state index contributed by atoms with van der Waals surface area (Å²) in [4.78, 5) is 0. The Balaban J connectivity index is 2.52. The highest BCUT2D eigenvalue weighted by Gasteiger charge is 2.08. The number of aliphatic hydroxyl groups is 1. The van der Waals surface area contributed by atoms with Gasteiger partial charge in [0.05, 0.1) is 6.61 Å². The Kier molecular flexibility index (Phi) is 6.55. The lowest BCUT2D eigenvalue weighted by atomic mass is 10.1. The van der Waals surface area contributed by atoms with Gasteiger partial charge in [-0.3, -0.25) is 0 Å². The molecule has 0 aliphatic rings. The fraction of sp³-hybridized carbons (Fsp3) is 0.538. The number of aliphatic hydroxyl groups excluding tert-OH is 1. The van der Waals surface area contributed by atoms with Crippen LogP contribution in [0.15, 0.2) is 22.7 Å². The summed E-state index contributed by atoms with van der Waals surface area (Å²) in [5, 5.41) is 8.67. The molecule has 0 saturated heterocycles. The van der Waals surface area contributed by atoms with Gasteiger partial charge in [0.15, 0.2) is 0 Å². The molecule has 0 radical (unpaired) electrons. The van der Waals surface area contributed by atoms with E-state index in [0.717, 1.165) is 35.0 Å². The topological polar surface area (TPSA) is 55.5 Å². The normalized spacial score (nSPS) is 12.5. The van der Waals surface area contributed by atoms with Crippen molar-refractivity contribution in [1.29, 1.82) is 0 Å². The zero-order chi connectivity index (χ0) is 12.7. The van der Waals surface area contributed by atoms with E-state index in [4.69, 9.17) is 15.6 Å². The number of benzene rings is 1. The Morgan fingerprint density at radius 2 is 2.12 bits per heavy atom. The van der Waals surface area contributed by atoms with Crippen LogP contribution >= 0.6 is 15.9 Å². The molecule has 0 saturated carbocycles. The third-order valence-corrected chi connectivity index (χ3v) is 3.02. The molecular formula is C13H20BrNO2. The molecule has 0 unspecified atom stereocenters. The predicted molar refractivity (Wildman–Crippen MR) is 73.2 cm³/mol. The number of rotatable bonds is 7. The number of halogens is 1. The Morgan fingerprint density at radius 1 is 1.35 bits per heavy atom. The predicted octanol–water partition coefficient (Wildman–Crippen LogP) is 3.01. The summed E-state index contributed by atoms with van der Waals surface area (Å²) in [5.41, 5.74) is 6.92. The summed E-state index contributed by atoms with van der Waals surface area (Å²) in [7, 11) is 0. The summed E-state index contributed by atoms with van der Waals surface area (Å²) in [6.45, 7) is 2.87. The highest BCUT2D eigenvalue weighted by molar-refractivity contribution is 9.10. The second-order valence-electron chi connectivity index (χ2n) is 4.10. The number of ether oxygens (including phenoxy) is 1. The van der Waals surface area contributed by atoms with E-state index in [1.165, 1.54) is 0 Å². The standard InChI is InChI=1S/C13H20BrNO2/c1-10(15)12-9-11(14)5-6-13(12)17-8-4-2-3-7-16/h5-6,9-10,16H,2-4,7-8,15H2,1H3/t10-/m0/s1. The van der Waals surface area contributed by atoms with Crippen molar-refractivity contribution in [3.05, 3.63) is 28.2 Å². The van der Waals surface area contributed by atoms with Gasteiger partial charge >= 0.3 is 0 Å². The Hall–Kier alpha value is -0.580. The molecule has 0 aliphatic heterocycles. The van der Waals surface area contributed by atoms with Crippen molar-refractivity contribution < 1.29 is 9.84 Å². The summed E-state index contributed by atoms with van der Waals surface area (Å²) >= 11 is 3.43. The van der Waals surface area contributed by atoms with E-state index in [1.807, 2.05) is 25.1 Å². The Labute approximate surface area is 111 Å². The molecule has 17 heavy (non-hydrogen) atoms. The molecule has 4 heteroatoms. The summed E-state index contributed by atoms with van der Waals surface area (Å²) in [6.07, 6.45) is 2.78. The van der Waals surface area contributed by atoms with Gasteiger partial charge in [-0.25, -0.2) is 0 Å². The average Bonchev–Trinajstić information content (AvgIpc) is 2.30. The summed E-state index contributed by atoms with van der Waals surface area (Å²) < 4.78 is 6.73. The molecule has 96 valence electrons. The van der Waals surface area contributed by atoms with Gasteiger partial charge in [0.25, 0.3) is 0 Å². The lowest BCUT2D eigenvalue weighted by molar-refractivity contribution is 0.265. The molecule has 1 atom stereocenters. The third kappa shape index (κ3) is 5.06. The molecule has 0 aliphatic carbocycles. The quantitative estimate of drug-likeness (QED) is 0.761. The van der Waals surface area contributed by atoms with Gasteiger partial charge in [-0.15, -0.1) is 0 Å². The van der Waals surface area contributed by atoms with Gasteiger partial charge in [0, 0.05) is 22.7 Å². The molecule has 1 aromatic carbocycles. The minimum atomic E-state index is -0.0417. The lowest BCUT2D eigenvalue weighted by Gasteiger charge is -2.14. The Morgan fingerprint density at radius 3 is 2.76 bits per heavy atom. The fourth-order valence-corrected chi connectivity index (χ4v) is 1.96. The van der Waals surface area contributed by atoms with E-state index >= 15 is 0 Å². The van der Waals surface area contributed by atoms with E-state index in [0.29, 0.717) is 6.61 Å². The van der Waals surface area contributed by atoms with E-state index in [-0.39, 0.29) is 12.6 Å². The van der Waals surface area contributed by atoms with E-state index in [9.17, 15) is 0 Å². The van der Waals surface area contributed by atoms with E-state index in [2.05, 4.69) is 15.9 Å². The Bertz CT molecular complexity index is 342. The molecule has 0 amide bonds. The first-order valence-electron chi connectivity index (χ1n) is 5.94. The van der Waals surface area contributed by atoms with Crippen molar-refractivity contribution in [2.24, 2.45) is 5.73 Å².